The lowest BCUT2D eigenvalue weighted by atomic mass is 9.92. The number of benzene rings is 3. The predicted molar refractivity (Wildman–Crippen MR) is 178 cm³/mol. The number of esters is 1. The van der Waals surface area contributed by atoms with E-state index >= 15 is 0 Å². The molecule has 0 bridgehead atoms. The molecule has 2 aliphatic heterocycles. The summed E-state index contributed by atoms with van der Waals surface area (Å²) < 4.78 is 28.7. The number of ether oxygens (including phenoxy) is 5. The molecule has 2 heterocycles. The number of primary amides is 1. The molecular weight excluding hydrogens is 667 g/mol. The molecule has 1 amide bonds. The Balaban J connectivity index is 1.21. The van der Waals surface area contributed by atoms with Crippen LogP contribution in [0.4, 0.5) is 0 Å². The van der Waals surface area contributed by atoms with Crippen LogP contribution in [0, 0.1) is 6.92 Å². The van der Waals surface area contributed by atoms with E-state index in [-0.39, 0.29) is 32.5 Å². The Bertz CT molecular complexity index is 1710. The van der Waals surface area contributed by atoms with Gasteiger partial charge in [0.1, 0.15) is 30.8 Å². The van der Waals surface area contributed by atoms with Gasteiger partial charge >= 0.3 is 5.97 Å². The van der Waals surface area contributed by atoms with Crippen molar-refractivity contribution in [2.45, 2.75) is 37.8 Å². The maximum absolute atomic E-state index is 14.1. The molecule has 0 saturated heterocycles. The quantitative estimate of drug-likeness (QED) is 0.159. The van der Waals surface area contributed by atoms with Crippen molar-refractivity contribution in [2.24, 2.45) is 5.73 Å². The second-order valence-corrected chi connectivity index (χ2v) is 12.8. The van der Waals surface area contributed by atoms with E-state index in [2.05, 4.69) is 0 Å². The first-order valence-corrected chi connectivity index (χ1v) is 16.3. The number of nitrogens with two attached hydrogens (primary N) is 1. The fraction of sp³-hybridized carbons (Fsp3) is 0.314. The molecule has 3 aromatic carbocycles. The fourth-order valence-corrected chi connectivity index (χ4v) is 6.82. The Morgan fingerprint density at radius 3 is 2.32 bits per heavy atom. The minimum absolute atomic E-state index is 0.00464. The Labute approximate surface area is 287 Å². The van der Waals surface area contributed by atoms with Gasteiger partial charge in [0.15, 0.2) is 17.6 Å². The zero-order valence-corrected chi connectivity index (χ0v) is 27.9. The summed E-state index contributed by atoms with van der Waals surface area (Å²) in [7, 11) is 0. The molecule has 3 aromatic rings. The number of hydrogen-bond donors (Lipinski definition) is 1. The molecule has 0 aromatic heterocycles. The number of aryl methyl sites for hydroxylation is 1. The number of hydrogen-bond acceptors (Lipinski definition) is 8. The number of carbonyl (C=O) groups excluding carboxylic acids is 2. The average Bonchev–Trinajstić information content (AvgIpc) is 3.70. The summed E-state index contributed by atoms with van der Waals surface area (Å²) in [5.74, 6) is 0.420. The Hall–Kier alpha value is -3.89. The minimum Gasteiger partial charge on any atom is -0.490 e. The first-order chi connectivity index (χ1) is 22.7. The first-order valence-electron chi connectivity index (χ1n) is 15.1. The van der Waals surface area contributed by atoms with E-state index in [4.69, 9.17) is 64.2 Å². The summed E-state index contributed by atoms with van der Waals surface area (Å²) in [6, 6.07) is 18.1. The average molecular weight is 700 g/mol. The molecule has 1 atom stereocenters. The highest BCUT2D eigenvalue weighted by Crippen LogP contribution is 2.45. The van der Waals surface area contributed by atoms with Crippen molar-refractivity contribution in [1.82, 2.24) is 4.90 Å². The lowest BCUT2D eigenvalue weighted by molar-refractivity contribution is -0.145. The first kappa shape index (κ1) is 33.0. The number of carbonyl (C=O) groups is 2. The highest BCUT2D eigenvalue weighted by molar-refractivity contribution is 6.37. The van der Waals surface area contributed by atoms with Gasteiger partial charge in [0.05, 0.1) is 15.6 Å². The zero-order valence-electron chi connectivity index (χ0n) is 25.6. The zero-order chi connectivity index (χ0) is 33.1. The third-order valence-corrected chi connectivity index (χ3v) is 9.39. The van der Waals surface area contributed by atoms with Crippen LogP contribution in [0.15, 0.2) is 78.3 Å². The highest BCUT2D eigenvalue weighted by atomic mass is 35.5. The molecule has 0 radical (unpaired) electrons. The van der Waals surface area contributed by atoms with Crippen molar-refractivity contribution in [3.05, 3.63) is 110 Å². The molecule has 2 N–H and O–H groups in total. The molecule has 3 aliphatic rings. The van der Waals surface area contributed by atoms with Crippen molar-refractivity contribution < 1.29 is 33.3 Å². The van der Waals surface area contributed by atoms with Gasteiger partial charge in [-0.1, -0.05) is 65.1 Å². The monoisotopic (exact) mass is 698 g/mol. The third-order valence-electron chi connectivity index (χ3n) is 8.49. The second kappa shape index (κ2) is 14.1. The number of halogens is 3. The molecule has 9 nitrogen and oxygen atoms in total. The normalized spacial score (nSPS) is 17.7. The second-order valence-electron chi connectivity index (χ2n) is 11.6. The fourth-order valence-electron chi connectivity index (χ4n) is 5.88. The van der Waals surface area contributed by atoms with Crippen molar-refractivity contribution in [3.8, 4) is 11.5 Å². The maximum Gasteiger partial charge on any atom is 0.336 e. The standard InChI is InChI=1S/C35H33Cl3N2O7/c1-21-16-28(37)32(29(38)17-21)45-15-14-44-23-8-6-22(7-9-23)24-10-13-40(35(11-12-35)34(39)42)18-26(24)33(41)47-31(30-19-43-20-46-30)25-4-2-3-5-27(25)36/h2-9,16-17,19,31H,10-15,18,20H2,1H3,(H2,39,42). The lowest BCUT2D eigenvalue weighted by Gasteiger charge is -2.35. The van der Waals surface area contributed by atoms with Crippen LogP contribution >= 0.6 is 34.8 Å². The van der Waals surface area contributed by atoms with Gasteiger partial charge in [-0.15, -0.1) is 0 Å². The van der Waals surface area contributed by atoms with E-state index in [0.29, 0.717) is 69.3 Å². The molecule has 1 fully saturated rings. The third kappa shape index (κ3) is 7.18. The van der Waals surface area contributed by atoms with E-state index in [1.54, 1.807) is 36.4 Å². The van der Waals surface area contributed by atoms with Gasteiger partial charge in [-0.2, -0.15) is 0 Å². The van der Waals surface area contributed by atoms with Crippen LogP contribution in [0.25, 0.3) is 5.57 Å². The maximum atomic E-state index is 14.1. The summed E-state index contributed by atoms with van der Waals surface area (Å²) in [6.07, 6.45) is 2.29. The molecule has 1 saturated carbocycles. The van der Waals surface area contributed by atoms with Gasteiger partial charge in [0, 0.05) is 23.7 Å². The molecule has 12 heteroatoms. The van der Waals surface area contributed by atoms with E-state index in [1.165, 1.54) is 6.26 Å². The summed E-state index contributed by atoms with van der Waals surface area (Å²) in [5.41, 5.74) is 8.61. The van der Waals surface area contributed by atoms with Gasteiger partial charge in [-0.25, -0.2) is 4.79 Å². The van der Waals surface area contributed by atoms with Crippen LogP contribution < -0.4 is 15.2 Å². The highest BCUT2D eigenvalue weighted by Gasteiger charge is 2.54. The van der Waals surface area contributed by atoms with Crippen LogP contribution in [0.3, 0.4) is 0 Å². The number of amides is 1. The summed E-state index contributed by atoms with van der Waals surface area (Å²) >= 11 is 19.1. The van der Waals surface area contributed by atoms with Crippen molar-refractivity contribution >= 4 is 52.3 Å². The SMILES string of the molecule is Cc1cc(Cl)c(OCCOc2ccc(C3=C(C(=O)OC(C4=COCO4)c4ccccc4Cl)CN(C4(C(N)=O)CC4)CC3)cc2)c(Cl)c1. The minimum atomic E-state index is -0.934. The molecule has 0 spiro atoms. The van der Waals surface area contributed by atoms with Crippen molar-refractivity contribution in [3.63, 3.8) is 0 Å². The summed E-state index contributed by atoms with van der Waals surface area (Å²) in [5, 5.41) is 1.30. The van der Waals surface area contributed by atoms with Gasteiger partial charge in [-0.05, 0) is 73.2 Å². The Morgan fingerprint density at radius 1 is 0.979 bits per heavy atom. The molecule has 246 valence electrons. The van der Waals surface area contributed by atoms with Crippen molar-refractivity contribution in [2.75, 3.05) is 33.1 Å². The van der Waals surface area contributed by atoms with Crippen LogP contribution in [0.5, 0.6) is 11.5 Å². The predicted octanol–water partition coefficient (Wildman–Crippen LogP) is 7.02. The van der Waals surface area contributed by atoms with Crippen LogP contribution in [-0.4, -0.2) is 55.4 Å². The summed E-state index contributed by atoms with van der Waals surface area (Å²) in [4.78, 5) is 28.5. The van der Waals surface area contributed by atoms with E-state index < -0.39 is 17.6 Å². The molecule has 1 aliphatic carbocycles. The molecular formula is C35H33Cl3N2O7. The van der Waals surface area contributed by atoms with E-state index in [1.807, 2.05) is 36.1 Å². The topological polar surface area (TPSA) is 110 Å². The van der Waals surface area contributed by atoms with Gasteiger partial charge < -0.3 is 29.4 Å². The van der Waals surface area contributed by atoms with Gasteiger partial charge in [-0.3, -0.25) is 9.69 Å². The largest absolute Gasteiger partial charge is 0.490 e. The summed E-state index contributed by atoms with van der Waals surface area (Å²) in [6.45, 7) is 3.16. The van der Waals surface area contributed by atoms with Crippen LogP contribution in [0.1, 0.15) is 42.1 Å². The van der Waals surface area contributed by atoms with E-state index in [0.717, 1.165) is 16.7 Å². The number of nitrogens with zero attached hydrogens (tertiary/aromatic N) is 1. The van der Waals surface area contributed by atoms with Crippen LogP contribution in [0.2, 0.25) is 15.1 Å². The molecule has 6 rings (SSSR count). The number of rotatable bonds is 12. The smallest absolute Gasteiger partial charge is 0.336 e. The molecule has 47 heavy (non-hydrogen) atoms. The Kier molecular flexibility index (Phi) is 9.89. The van der Waals surface area contributed by atoms with Crippen LogP contribution in [-0.2, 0) is 23.8 Å². The van der Waals surface area contributed by atoms with Gasteiger partial charge in [0.25, 0.3) is 0 Å². The van der Waals surface area contributed by atoms with E-state index in [9.17, 15) is 9.59 Å². The molecule has 1 unspecified atom stereocenters. The lowest BCUT2D eigenvalue weighted by Crippen LogP contribution is -2.50. The van der Waals surface area contributed by atoms with Crippen molar-refractivity contribution in [1.29, 1.82) is 0 Å². The van der Waals surface area contributed by atoms with Gasteiger partial charge in [0.2, 0.25) is 12.7 Å². The Morgan fingerprint density at radius 2 is 1.68 bits per heavy atom.